The standard InChI is InChI=1S/C10H19N3O3S/c1-7(9-11-8(2)12-16-9)13-17(14,15)6-10(3,4)5/h7,13H,6H2,1-5H3. The number of hydrogen-bond acceptors (Lipinski definition) is 5. The van der Waals surface area contributed by atoms with Gasteiger partial charge in [0.2, 0.25) is 15.9 Å². The Hall–Kier alpha value is -0.950. The highest BCUT2D eigenvalue weighted by molar-refractivity contribution is 7.89. The summed E-state index contributed by atoms with van der Waals surface area (Å²) in [7, 11) is -3.36. The van der Waals surface area contributed by atoms with Crippen molar-refractivity contribution < 1.29 is 12.9 Å². The van der Waals surface area contributed by atoms with Gasteiger partial charge in [-0.2, -0.15) is 4.98 Å². The molecule has 0 amide bonds. The van der Waals surface area contributed by atoms with Gasteiger partial charge in [-0.25, -0.2) is 13.1 Å². The van der Waals surface area contributed by atoms with Crippen LogP contribution in [0.2, 0.25) is 0 Å². The molecule has 1 heterocycles. The van der Waals surface area contributed by atoms with Crippen molar-refractivity contribution in [1.29, 1.82) is 0 Å². The van der Waals surface area contributed by atoms with Crippen LogP contribution in [0.1, 0.15) is 45.5 Å². The largest absolute Gasteiger partial charge is 0.338 e. The highest BCUT2D eigenvalue weighted by atomic mass is 32.2. The topological polar surface area (TPSA) is 85.1 Å². The molecule has 1 N–H and O–H groups in total. The second kappa shape index (κ2) is 4.73. The summed E-state index contributed by atoms with van der Waals surface area (Å²) in [5.41, 5.74) is -0.295. The SMILES string of the molecule is Cc1noc(C(C)NS(=O)(=O)CC(C)(C)C)n1. The molecule has 0 aliphatic carbocycles. The molecule has 0 aliphatic heterocycles. The molecule has 6 nitrogen and oxygen atoms in total. The van der Waals surface area contributed by atoms with E-state index in [1.54, 1.807) is 13.8 Å². The Bertz CT molecular complexity index is 473. The van der Waals surface area contributed by atoms with Crippen molar-refractivity contribution in [1.82, 2.24) is 14.9 Å². The van der Waals surface area contributed by atoms with E-state index in [0.717, 1.165) is 0 Å². The van der Waals surface area contributed by atoms with E-state index in [2.05, 4.69) is 14.9 Å². The van der Waals surface area contributed by atoms with Gasteiger partial charge < -0.3 is 4.52 Å². The lowest BCUT2D eigenvalue weighted by Gasteiger charge is -2.19. The fourth-order valence-electron chi connectivity index (χ4n) is 1.42. The maximum Gasteiger partial charge on any atom is 0.244 e. The predicted molar refractivity (Wildman–Crippen MR) is 63.8 cm³/mol. The van der Waals surface area contributed by atoms with Crippen molar-refractivity contribution in [3.05, 3.63) is 11.7 Å². The summed E-state index contributed by atoms with van der Waals surface area (Å²) < 4.78 is 31.1. The summed E-state index contributed by atoms with van der Waals surface area (Å²) in [5, 5.41) is 3.62. The fraction of sp³-hybridized carbons (Fsp3) is 0.800. The molecule has 0 bridgehead atoms. The first-order valence-electron chi connectivity index (χ1n) is 5.39. The van der Waals surface area contributed by atoms with Crippen molar-refractivity contribution in [3.63, 3.8) is 0 Å². The van der Waals surface area contributed by atoms with Crippen LogP contribution in [0.15, 0.2) is 4.52 Å². The van der Waals surface area contributed by atoms with E-state index >= 15 is 0 Å². The average molecular weight is 261 g/mol. The third-order valence-corrected chi connectivity index (χ3v) is 3.85. The van der Waals surface area contributed by atoms with Crippen LogP contribution in [-0.2, 0) is 10.0 Å². The van der Waals surface area contributed by atoms with Gasteiger partial charge in [0.05, 0.1) is 11.8 Å². The number of rotatable bonds is 4. The first kappa shape index (κ1) is 14.1. The van der Waals surface area contributed by atoms with Gasteiger partial charge >= 0.3 is 0 Å². The van der Waals surface area contributed by atoms with Gasteiger partial charge in [0.15, 0.2) is 5.82 Å². The molecule has 0 saturated carbocycles. The van der Waals surface area contributed by atoms with Gasteiger partial charge in [-0.05, 0) is 19.3 Å². The molecule has 1 aromatic heterocycles. The molecule has 0 radical (unpaired) electrons. The molecular weight excluding hydrogens is 242 g/mol. The molecular formula is C10H19N3O3S. The van der Waals surface area contributed by atoms with Crippen LogP contribution >= 0.6 is 0 Å². The summed E-state index contributed by atoms with van der Waals surface area (Å²) in [5.74, 6) is 0.819. The van der Waals surface area contributed by atoms with E-state index in [1.165, 1.54) is 0 Å². The van der Waals surface area contributed by atoms with E-state index in [4.69, 9.17) is 4.52 Å². The van der Waals surface area contributed by atoms with Crippen LogP contribution in [-0.4, -0.2) is 24.3 Å². The third-order valence-electron chi connectivity index (χ3n) is 1.89. The zero-order valence-electron chi connectivity index (χ0n) is 10.8. The lowest BCUT2D eigenvalue weighted by atomic mass is 10.0. The summed E-state index contributed by atoms with van der Waals surface area (Å²) in [6, 6.07) is -0.511. The number of aromatic nitrogens is 2. The molecule has 1 atom stereocenters. The van der Waals surface area contributed by atoms with E-state index < -0.39 is 16.1 Å². The van der Waals surface area contributed by atoms with Crippen LogP contribution in [0.3, 0.4) is 0 Å². The molecule has 0 aliphatic rings. The highest BCUT2D eigenvalue weighted by Gasteiger charge is 2.25. The van der Waals surface area contributed by atoms with Gasteiger partial charge in [-0.3, -0.25) is 0 Å². The Balaban J connectivity index is 2.72. The number of aryl methyl sites for hydroxylation is 1. The summed E-state index contributed by atoms with van der Waals surface area (Å²) >= 11 is 0. The number of nitrogens with one attached hydrogen (secondary N) is 1. The van der Waals surface area contributed by atoms with E-state index in [0.29, 0.717) is 5.82 Å². The van der Waals surface area contributed by atoms with Crippen molar-refractivity contribution >= 4 is 10.0 Å². The van der Waals surface area contributed by atoms with Gasteiger partial charge in [0.1, 0.15) is 0 Å². The van der Waals surface area contributed by atoms with Crippen LogP contribution in [0.5, 0.6) is 0 Å². The fourth-order valence-corrected chi connectivity index (χ4v) is 3.28. The van der Waals surface area contributed by atoms with Gasteiger partial charge in [0.25, 0.3) is 0 Å². The Morgan fingerprint density at radius 2 is 2.00 bits per heavy atom. The minimum absolute atomic E-state index is 0.0530. The molecule has 1 unspecified atom stereocenters. The summed E-state index contributed by atoms with van der Waals surface area (Å²) in [6.07, 6.45) is 0. The Kier molecular flexibility index (Phi) is 3.93. The van der Waals surface area contributed by atoms with Gasteiger partial charge in [0, 0.05) is 0 Å². The van der Waals surface area contributed by atoms with Crippen molar-refractivity contribution in [2.45, 2.75) is 40.7 Å². The molecule has 1 rings (SSSR count). The molecule has 0 spiro atoms. The number of hydrogen-bond donors (Lipinski definition) is 1. The third kappa shape index (κ3) is 4.82. The van der Waals surface area contributed by atoms with E-state index in [1.807, 2.05) is 20.8 Å². The molecule has 1 aromatic rings. The van der Waals surface area contributed by atoms with Gasteiger partial charge in [-0.15, -0.1) is 0 Å². The number of sulfonamides is 1. The molecule has 17 heavy (non-hydrogen) atoms. The Morgan fingerprint density at radius 3 is 2.41 bits per heavy atom. The smallest absolute Gasteiger partial charge is 0.244 e. The Morgan fingerprint density at radius 1 is 1.41 bits per heavy atom. The lowest BCUT2D eigenvalue weighted by Crippen LogP contribution is -2.34. The summed E-state index contributed by atoms with van der Waals surface area (Å²) in [6.45, 7) is 8.96. The second-order valence-electron chi connectivity index (χ2n) is 5.34. The Labute approximate surface area is 102 Å². The maximum absolute atomic E-state index is 11.8. The predicted octanol–water partition coefficient (Wildman–Crippen LogP) is 1.40. The van der Waals surface area contributed by atoms with Crippen molar-refractivity contribution in [2.75, 3.05) is 5.75 Å². The monoisotopic (exact) mass is 261 g/mol. The van der Waals surface area contributed by atoms with E-state index in [-0.39, 0.29) is 17.1 Å². The van der Waals surface area contributed by atoms with Crippen LogP contribution in [0.4, 0.5) is 0 Å². The van der Waals surface area contributed by atoms with Crippen LogP contribution in [0.25, 0.3) is 0 Å². The minimum atomic E-state index is -3.36. The molecule has 0 aromatic carbocycles. The second-order valence-corrected chi connectivity index (χ2v) is 7.09. The zero-order chi connectivity index (χ0) is 13.3. The lowest BCUT2D eigenvalue weighted by molar-refractivity contribution is 0.349. The normalized spacial score (nSPS) is 14.9. The average Bonchev–Trinajstić information content (AvgIpc) is 2.45. The van der Waals surface area contributed by atoms with Crippen molar-refractivity contribution in [3.8, 4) is 0 Å². The molecule has 98 valence electrons. The van der Waals surface area contributed by atoms with E-state index in [9.17, 15) is 8.42 Å². The van der Waals surface area contributed by atoms with Crippen LogP contribution in [0, 0.1) is 12.3 Å². The molecule has 0 saturated heterocycles. The van der Waals surface area contributed by atoms with Crippen molar-refractivity contribution in [2.24, 2.45) is 5.41 Å². The molecule has 0 fully saturated rings. The van der Waals surface area contributed by atoms with Crippen LogP contribution < -0.4 is 4.72 Å². The quantitative estimate of drug-likeness (QED) is 0.885. The number of nitrogens with zero attached hydrogens (tertiary/aromatic N) is 2. The molecule has 7 heteroatoms. The first-order chi connectivity index (χ1) is 7.59. The zero-order valence-corrected chi connectivity index (χ0v) is 11.6. The minimum Gasteiger partial charge on any atom is -0.338 e. The first-order valence-corrected chi connectivity index (χ1v) is 7.04. The summed E-state index contributed by atoms with van der Waals surface area (Å²) in [4.78, 5) is 3.99. The maximum atomic E-state index is 11.8. The van der Waals surface area contributed by atoms with Gasteiger partial charge in [-0.1, -0.05) is 25.9 Å². The highest BCUT2D eigenvalue weighted by Crippen LogP contribution is 2.18.